The Morgan fingerprint density at radius 2 is 2.00 bits per heavy atom. The Labute approximate surface area is 117 Å². The Hall–Kier alpha value is -1.92. The molecule has 0 aromatic rings. The fourth-order valence-corrected chi connectivity index (χ4v) is 2.70. The van der Waals surface area contributed by atoms with Crippen molar-refractivity contribution in [2.24, 2.45) is 10.5 Å². The Morgan fingerprint density at radius 3 is 2.55 bits per heavy atom. The van der Waals surface area contributed by atoms with E-state index in [0.717, 1.165) is 17.9 Å². The molecule has 7 nitrogen and oxygen atoms in total. The van der Waals surface area contributed by atoms with E-state index in [0.29, 0.717) is 19.3 Å². The zero-order valence-electron chi connectivity index (χ0n) is 11.5. The van der Waals surface area contributed by atoms with E-state index >= 15 is 0 Å². The number of carboxylic acids is 1. The third-order valence-corrected chi connectivity index (χ3v) is 4.07. The predicted octanol–water partition coefficient (Wildman–Crippen LogP) is 0.356. The molecule has 0 aromatic heterocycles. The van der Waals surface area contributed by atoms with Gasteiger partial charge in [-0.1, -0.05) is 12.8 Å². The van der Waals surface area contributed by atoms with Gasteiger partial charge in [0.2, 0.25) is 5.91 Å². The second-order valence-electron chi connectivity index (χ2n) is 5.44. The van der Waals surface area contributed by atoms with E-state index in [9.17, 15) is 19.5 Å². The zero-order valence-corrected chi connectivity index (χ0v) is 11.5. The van der Waals surface area contributed by atoms with E-state index in [4.69, 9.17) is 0 Å². The van der Waals surface area contributed by atoms with Crippen molar-refractivity contribution in [3.05, 3.63) is 0 Å². The van der Waals surface area contributed by atoms with Crippen molar-refractivity contribution in [1.29, 1.82) is 0 Å². The van der Waals surface area contributed by atoms with Gasteiger partial charge in [-0.15, -0.1) is 0 Å². The maximum Gasteiger partial charge on any atom is 0.311 e. The summed E-state index contributed by atoms with van der Waals surface area (Å²) in [6.45, 7) is 0.123. The van der Waals surface area contributed by atoms with Crippen molar-refractivity contribution < 1.29 is 19.5 Å². The minimum Gasteiger partial charge on any atom is -0.481 e. The van der Waals surface area contributed by atoms with E-state index in [1.54, 1.807) is 0 Å². The number of hydrogen-bond donors (Lipinski definition) is 2. The number of carbonyl (C=O) groups is 3. The summed E-state index contributed by atoms with van der Waals surface area (Å²) in [6, 6.07) is 0. The Balaban J connectivity index is 1.97. The van der Waals surface area contributed by atoms with Crippen LogP contribution < -0.4 is 5.32 Å². The molecule has 2 amide bonds. The molecule has 1 aliphatic carbocycles. The van der Waals surface area contributed by atoms with Crippen molar-refractivity contribution in [3.8, 4) is 0 Å². The molecule has 20 heavy (non-hydrogen) atoms. The fraction of sp³-hybridized carbons (Fsp3) is 0.692. The summed E-state index contributed by atoms with van der Waals surface area (Å²) in [4.78, 5) is 34.7. The lowest BCUT2D eigenvalue weighted by Crippen LogP contribution is -2.44. The summed E-state index contributed by atoms with van der Waals surface area (Å²) in [7, 11) is 1.50. The third-order valence-electron chi connectivity index (χ3n) is 4.07. The molecular formula is C13H19N3O4. The lowest BCUT2D eigenvalue weighted by Gasteiger charge is -2.25. The van der Waals surface area contributed by atoms with Gasteiger partial charge in [-0.2, -0.15) is 5.10 Å². The van der Waals surface area contributed by atoms with Crippen LogP contribution in [0.5, 0.6) is 0 Å². The Bertz CT molecular complexity index is 466. The Kier molecular flexibility index (Phi) is 4.06. The highest BCUT2D eigenvalue weighted by atomic mass is 16.4. The maximum atomic E-state index is 12.0. The molecule has 0 atom stereocenters. The monoisotopic (exact) mass is 281 g/mol. The van der Waals surface area contributed by atoms with Crippen LogP contribution in [0.15, 0.2) is 5.10 Å². The molecule has 0 aromatic carbocycles. The minimum atomic E-state index is -0.854. The number of hydrazone groups is 1. The molecular weight excluding hydrogens is 262 g/mol. The number of carboxylic acid groups (broad SMARTS) is 1. The average Bonchev–Trinajstić information content (AvgIpc) is 2.89. The number of nitrogens with zero attached hydrogens (tertiary/aromatic N) is 2. The van der Waals surface area contributed by atoms with Crippen molar-refractivity contribution in [2.45, 2.75) is 38.5 Å². The van der Waals surface area contributed by atoms with E-state index < -0.39 is 11.4 Å². The molecule has 0 saturated heterocycles. The van der Waals surface area contributed by atoms with Gasteiger partial charge in [-0.05, 0) is 12.8 Å². The largest absolute Gasteiger partial charge is 0.481 e. The lowest BCUT2D eigenvalue weighted by molar-refractivity contribution is -0.148. The van der Waals surface area contributed by atoms with Gasteiger partial charge in [0.25, 0.3) is 5.91 Å². The van der Waals surface area contributed by atoms with Crippen molar-refractivity contribution in [2.75, 3.05) is 13.6 Å². The molecule has 1 saturated carbocycles. The van der Waals surface area contributed by atoms with Crippen molar-refractivity contribution in [1.82, 2.24) is 10.3 Å². The molecule has 2 aliphatic rings. The van der Waals surface area contributed by atoms with Crippen molar-refractivity contribution >= 4 is 23.5 Å². The molecule has 0 spiro atoms. The minimum absolute atomic E-state index is 0.123. The van der Waals surface area contributed by atoms with Gasteiger partial charge in [0.1, 0.15) is 5.71 Å². The van der Waals surface area contributed by atoms with Crippen LogP contribution >= 0.6 is 0 Å². The van der Waals surface area contributed by atoms with Gasteiger partial charge in [0.05, 0.1) is 5.41 Å². The highest BCUT2D eigenvalue weighted by molar-refractivity contribution is 6.39. The second kappa shape index (κ2) is 5.60. The van der Waals surface area contributed by atoms with Crippen LogP contribution in [0.25, 0.3) is 0 Å². The van der Waals surface area contributed by atoms with Crippen molar-refractivity contribution in [3.63, 3.8) is 0 Å². The van der Waals surface area contributed by atoms with E-state index in [2.05, 4.69) is 10.4 Å². The lowest BCUT2D eigenvalue weighted by atomic mass is 9.86. The van der Waals surface area contributed by atoms with Crippen LogP contribution in [-0.4, -0.2) is 47.2 Å². The summed E-state index contributed by atoms with van der Waals surface area (Å²) in [6.07, 6.45) is 3.49. The molecule has 7 heteroatoms. The van der Waals surface area contributed by atoms with E-state index in [1.165, 1.54) is 7.05 Å². The van der Waals surface area contributed by atoms with Crippen LogP contribution in [0, 0.1) is 5.41 Å². The molecule has 1 heterocycles. The maximum absolute atomic E-state index is 12.0. The fourth-order valence-electron chi connectivity index (χ4n) is 2.70. The van der Waals surface area contributed by atoms with Gasteiger partial charge in [-0.25, -0.2) is 5.01 Å². The number of rotatable bonds is 4. The SMILES string of the molecule is CN1N=C(C(=O)NCC2(C(=O)O)CCCC2)CCC1=O. The summed E-state index contributed by atoms with van der Waals surface area (Å²) in [5, 5.41) is 17.1. The number of aliphatic carboxylic acids is 1. The normalized spacial score (nSPS) is 21.6. The number of nitrogens with one attached hydrogen (secondary N) is 1. The first kappa shape index (κ1) is 14.5. The number of carbonyl (C=O) groups excluding carboxylic acids is 2. The highest BCUT2D eigenvalue weighted by Gasteiger charge is 2.41. The summed E-state index contributed by atoms with van der Waals surface area (Å²) in [5.41, 5.74) is -0.558. The van der Waals surface area contributed by atoms with E-state index in [1.807, 2.05) is 0 Å². The first-order valence-electron chi connectivity index (χ1n) is 6.80. The summed E-state index contributed by atoms with van der Waals surface area (Å²) < 4.78 is 0. The molecule has 0 unspecified atom stereocenters. The molecule has 0 bridgehead atoms. The van der Waals surface area contributed by atoms with Gasteiger partial charge in [-0.3, -0.25) is 14.4 Å². The molecule has 1 aliphatic heterocycles. The summed E-state index contributed by atoms with van der Waals surface area (Å²) in [5.74, 6) is -1.36. The molecule has 0 radical (unpaired) electrons. The number of hydrogen-bond acceptors (Lipinski definition) is 4. The topological polar surface area (TPSA) is 99.1 Å². The quantitative estimate of drug-likeness (QED) is 0.777. The third kappa shape index (κ3) is 2.81. The second-order valence-corrected chi connectivity index (χ2v) is 5.44. The molecule has 1 fully saturated rings. The smallest absolute Gasteiger partial charge is 0.311 e. The Morgan fingerprint density at radius 1 is 1.35 bits per heavy atom. The standard InChI is InChI=1S/C13H19N3O4/c1-16-10(17)5-4-9(15-16)11(18)14-8-13(12(19)20)6-2-3-7-13/h2-8H2,1H3,(H,14,18)(H,19,20). The molecule has 2 N–H and O–H groups in total. The van der Waals surface area contributed by atoms with E-state index in [-0.39, 0.29) is 30.5 Å². The van der Waals surface area contributed by atoms with Crippen LogP contribution in [0.1, 0.15) is 38.5 Å². The summed E-state index contributed by atoms with van der Waals surface area (Å²) >= 11 is 0. The van der Waals surface area contributed by atoms with Crippen LogP contribution in [0.4, 0.5) is 0 Å². The predicted molar refractivity (Wildman–Crippen MR) is 71.0 cm³/mol. The first-order chi connectivity index (χ1) is 9.44. The first-order valence-corrected chi connectivity index (χ1v) is 6.80. The van der Waals surface area contributed by atoms with Crippen LogP contribution in [-0.2, 0) is 14.4 Å². The average molecular weight is 281 g/mol. The van der Waals surface area contributed by atoms with Crippen LogP contribution in [0.2, 0.25) is 0 Å². The van der Waals surface area contributed by atoms with Gasteiger partial charge < -0.3 is 10.4 Å². The zero-order chi connectivity index (χ0) is 14.8. The van der Waals surface area contributed by atoms with Gasteiger partial charge in [0, 0.05) is 26.4 Å². The molecule has 110 valence electrons. The van der Waals surface area contributed by atoms with Crippen LogP contribution in [0.3, 0.4) is 0 Å². The molecule has 2 rings (SSSR count). The van der Waals surface area contributed by atoms with Gasteiger partial charge in [0.15, 0.2) is 0 Å². The number of amides is 2. The van der Waals surface area contributed by atoms with Gasteiger partial charge >= 0.3 is 5.97 Å². The highest BCUT2D eigenvalue weighted by Crippen LogP contribution is 2.37.